The van der Waals surface area contributed by atoms with E-state index in [1.807, 2.05) is 6.92 Å². The summed E-state index contributed by atoms with van der Waals surface area (Å²) in [5.41, 5.74) is 0.876. The molecule has 0 fully saturated rings. The van der Waals surface area contributed by atoms with Gasteiger partial charge in [0.15, 0.2) is 0 Å². The van der Waals surface area contributed by atoms with Crippen LogP contribution >= 0.6 is 0 Å². The van der Waals surface area contributed by atoms with Crippen LogP contribution in [0.15, 0.2) is 45.6 Å². The molecule has 0 radical (unpaired) electrons. The number of hydrogen-bond acceptors (Lipinski definition) is 4. The number of aryl methyl sites for hydroxylation is 1. The van der Waals surface area contributed by atoms with Gasteiger partial charge in [-0.1, -0.05) is 12.2 Å². The zero-order chi connectivity index (χ0) is 14.8. The standard InChI is InChI=1S/C17H16O4/c1-11-8-16(18)21-15-10-13(6-7-14(11)15)20-17(19)9-12-4-2-3-5-12/h2,4,6-8,10,12H,3,5,9H2,1H3. The largest absolute Gasteiger partial charge is 0.426 e. The molecule has 108 valence electrons. The predicted octanol–water partition coefficient (Wildman–Crippen LogP) is 3.36. The molecule has 0 bridgehead atoms. The van der Waals surface area contributed by atoms with E-state index < -0.39 is 5.63 Å². The topological polar surface area (TPSA) is 56.5 Å². The average molecular weight is 284 g/mol. The summed E-state index contributed by atoms with van der Waals surface area (Å²) in [4.78, 5) is 23.3. The van der Waals surface area contributed by atoms with Gasteiger partial charge in [0.05, 0.1) is 6.42 Å². The van der Waals surface area contributed by atoms with Gasteiger partial charge < -0.3 is 9.15 Å². The van der Waals surface area contributed by atoms with Gasteiger partial charge in [-0.15, -0.1) is 0 Å². The van der Waals surface area contributed by atoms with Crippen molar-refractivity contribution in [2.24, 2.45) is 5.92 Å². The molecule has 0 amide bonds. The van der Waals surface area contributed by atoms with E-state index in [2.05, 4.69) is 12.2 Å². The van der Waals surface area contributed by atoms with E-state index in [0.717, 1.165) is 23.8 Å². The van der Waals surface area contributed by atoms with Gasteiger partial charge in [0.25, 0.3) is 0 Å². The van der Waals surface area contributed by atoms with Crippen LogP contribution in [0, 0.1) is 12.8 Å². The minimum atomic E-state index is -0.403. The quantitative estimate of drug-likeness (QED) is 0.375. The van der Waals surface area contributed by atoms with Crippen molar-refractivity contribution in [3.63, 3.8) is 0 Å². The van der Waals surface area contributed by atoms with E-state index in [1.165, 1.54) is 6.07 Å². The molecule has 21 heavy (non-hydrogen) atoms. The van der Waals surface area contributed by atoms with Crippen LogP contribution in [0.3, 0.4) is 0 Å². The Labute approximate surface area is 122 Å². The van der Waals surface area contributed by atoms with Crippen LogP contribution in [-0.4, -0.2) is 5.97 Å². The number of rotatable bonds is 3. The van der Waals surface area contributed by atoms with E-state index in [1.54, 1.807) is 18.2 Å². The number of ether oxygens (including phenoxy) is 1. The Morgan fingerprint density at radius 1 is 1.38 bits per heavy atom. The molecule has 0 N–H and O–H groups in total. The van der Waals surface area contributed by atoms with Crippen LogP contribution in [0.4, 0.5) is 0 Å². The Bertz CT molecular complexity index is 770. The lowest BCUT2D eigenvalue weighted by molar-refractivity contribution is -0.135. The Balaban J connectivity index is 1.79. The molecule has 0 saturated carbocycles. The smallest absolute Gasteiger partial charge is 0.336 e. The summed E-state index contributed by atoms with van der Waals surface area (Å²) in [6.07, 6.45) is 6.56. The first kappa shape index (κ1) is 13.6. The fraction of sp³-hybridized carbons (Fsp3) is 0.294. The molecule has 0 spiro atoms. The van der Waals surface area contributed by atoms with Gasteiger partial charge in [-0.25, -0.2) is 4.79 Å². The highest BCUT2D eigenvalue weighted by atomic mass is 16.5. The van der Waals surface area contributed by atoms with Gasteiger partial charge in [-0.05, 0) is 43.4 Å². The Hall–Kier alpha value is -2.36. The van der Waals surface area contributed by atoms with Crippen molar-refractivity contribution in [2.75, 3.05) is 0 Å². The van der Waals surface area contributed by atoms with Crippen LogP contribution in [0.5, 0.6) is 5.75 Å². The van der Waals surface area contributed by atoms with E-state index >= 15 is 0 Å². The lowest BCUT2D eigenvalue weighted by Crippen LogP contribution is -2.12. The Kier molecular flexibility index (Phi) is 3.60. The summed E-state index contributed by atoms with van der Waals surface area (Å²) in [7, 11) is 0. The monoisotopic (exact) mass is 284 g/mol. The first-order valence-electron chi connectivity index (χ1n) is 7.04. The van der Waals surface area contributed by atoms with E-state index in [-0.39, 0.29) is 11.9 Å². The number of carbonyl (C=O) groups excluding carboxylic acids is 1. The minimum Gasteiger partial charge on any atom is -0.426 e. The fourth-order valence-corrected chi connectivity index (χ4v) is 2.62. The molecule has 1 aromatic heterocycles. The highest BCUT2D eigenvalue weighted by Crippen LogP contribution is 2.24. The zero-order valence-electron chi connectivity index (χ0n) is 11.8. The second-order valence-electron chi connectivity index (χ2n) is 5.35. The molecular weight excluding hydrogens is 268 g/mol. The maximum Gasteiger partial charge on any atom is 0.336 e. The van der Waals surface area contributed by atoms with Crippen molar-refractivity contribution in [1.29, 1.82) is 0 Å². The van der Waals surface area contributed by atoms with Gasteiger partial charge in [0, 0.05) is 17.5 Å². The summed E-state index contributed by atoms with van der Waals surface area (Å²) in [6, 6.07) is 6.55. The third-order valence-electron chi connectivity index (χ3n) is 3.70. The van der Waals surface area contributed by atoms with Crippen molar-refractivity contribution < 1.29 is 13.9 Å². The van der Waals surface area contributed by atoms with Crippen LogP contribution in [-0.2, 0) is 4.79 Å². The second-order valence-corrected chi connectivity index (χ2v) is 5.35. The molecule has 2 aromatic rings. The Morgan fingerprint density at radius 3 is 3.00 bits per heavy atom. The number of fused-ring (bicyclic) bond motifs is 1. The maximum atomic E-state index is 11.9. The van der Waals surface area contributed by atoms with Crippen molar-refractivity contribution in [3.05, 3.63) is 52.4 Å². The number of benzene rings is 1. The molecule has 1 unspecified atom stereocenters. The lowest BCUT2D eigenvalue weighted by atomic mass is 10.1. The van der Waals surface area contributed by atoms with E-state index in [0.29, 0.717) is 17.8 Å². The summed E-state index contributed by atoms with van der Waals surface area (Å²) in [5, 5.41) is 0.841. The fourth-order valence-electron chi connectivity index (χ4n) is 2.62. The van der Waals surface area contributed by atoms with Crippen molar-refractivity contribution in [1.82, 2.24) is 0 Å². The maximum absolute atomic E-state index is 11.9. The molecule has 0 saturated heterocycles. The Morgan fingerprint density at radius 2 is 2.24 bits per heavy atom. The number of esters is 1. The molecule has 1 heterocycles. The normalized spacial score (nSPS) is 17.3. The summed E-state index contributed by atoms with van der Waals surface area (Å²) in [6.45, 7) is 1.84. The number of hydrogen-bond donors (Lipinski definition) is 0. The third-order valence-corrected chi connectivity index (χ3v) is 3.70. The molecule has 4 heteroatoms. The number of carbonyl (C=O) groups is 1. The number of allylic oxidation sites excluding steroid dienone is 2. The second kappa shape index (κ2) is 5.56. The third kappa shape index (κ3) is 3.05. The minimum absolute atomic E-state index is 0.263. The highest BCUT2D eigenvalue weighted by molar-refractivity contribution is 5.82. The average Bonchev–Trinajstić information content (AvgIpc) is 2.90. The van der Waals surface area contributed by atoms with Gasteiger partial charge >= 0.3 is 11.6 Å². The molecule has 1 aromatic carbocycles. The van der Waals surface area contributed by atoms with Crippen LogP contribution < -0.4 is 10.4 Å². The van der Waals surface area contributed by atoms with Gasteiger partial charge in [-0.2, -0.15) is 0 Å². The summed E-state index contributed by atoms with van der Waals surface area (Å²) < 4.78 is 10.5. The summed E-state index contributed by atoms with van der Waals surface area (Å²) >= 11 is 0. The molecule has 1 aliphatic rings. The first-order chi connectivity index (χ1) is 10.1. The molecule has 1 aliphatic carbocycles. The molecule has 3 rings (SSSR count). The van der Waals surface area contributed by atoms with E-state index in [4.69, 9.17) is 9.15 Å². The van der Waals surface area contributed by atoms with Crippen LogP contribution in [0.25, 0.3) is 11.0 Å². The SMILES string of the molecule is Cc1cc(=O)oc2cc(OC(=O)CC3C=CCC3)ccc12. The van der Waals surface area contributed by atoms with E-state index in [9.17, 15) is 9.59 Å². The lowest BCUT2D eigenvalue weighted by Gasteiger charge is -2.08. The molecule has 1 atom stereocenters. The zero-order valence-corrected chi connectivity index (χ0v) is 11.8. The molecule has 0 aliphatic heterocycles. The molecular formula is C17H16O4. The van der Waals surface area contributed by atoms with Crippen molar-refractivity contribution >= 4 is 16.9 Å². The highest BCUT2D eigenvalue weighted by Gasteiger charge is 2.16. The summed E-state index contributed by atoms with van der Waals surface area (Å²) in [5.74, 6) is 0.419. The van der Waals surface area contributed by atoms with Crippen LogP contribution in [0.2, 0.25) is 0 Å². The van der Waals surface area contributed by atoms with Crippen molar-refractivity contribution in [2.45, 2.75) is 26.2 Å². The van der Waals surface area contributed by atoms with Crippen LogP contribution in [0.1, 0.15) is 24.8 Å². The van der Waals surface area contributed by atoms with Gasteiger partial charge in [-0.3, -0.25) is 4.79 Å². The van der Waals surface area contributed by atoms with Gasteiger partial charge in [0.2, 0.25) is 0 Å². The first-order valence-corrected chi connectivity index (χ1v) is 7.04. The predicted molar refractivity (Wildman–Crippen MR) is 79.3 cm³/mol. The van der Waals surface area contributed by atoms with Crippen molar-refractivity contribution in [3.8, 4) is 5.75 Å². The van der Waals surface area contributed by atoms with Gasteiger partial charge in [0.1, 0.15) is 11.3 Å². The molecule has 4 nitrogen and oxygen atoms in total.